The third-order valence-corrected chi connectivity index (χ3v) is 0. The number of hydrogen-bond acceptors (Lipinski definition) is 2. The first-order chi connectivity index (χ1) is 1.73. The Morgan fingerprint density at radius 2 is 1.80 bits per heavy atom. The second kappa shape index (κ2) is 4.00. The molecule has 2 nitrogen and oxygen atoms in total. The van der Waals surface area contributed by atoms with Crippen LogP contribution in [0.2, 0.25) is 0 Å². The Labute approximate surface area is 40.9 Å². The Bertz CT molecular complexity index is 30.6. The summed E-state index contributed by atoms with van der Waals surface area (Å²) in [4.78, 5) is 8.89. The van der Waals surface area contributed by atoms with E-state index in [1.54, 1.807) is 0 Å². The number of carbonyl (C=O) groups is 1. The van der Waals surface area contributed by atoms with Crippen molar-refractivity contribution in [1.82, 2.24) is 0 Å². The smallest absolute Gasteiger partial charge is 0.0383 e. The molecule has 0 aliphatic heterocycles. The summed E-state index contributed by atoms with van der Waals surface area (Å²) in [6.07, 6.45) is 0. The first-order valence-electron chi connectivity index (χ1n) is 0.908. The van der Waals surface area contributed by atoms with E-state index in [-0.39, 0.29) is 17.4 Å². The van der Waals surface area contributed by atoms with Crippen LogP contribution in [-0.4, -0.2) is 5.97 Å². The Morgan fingerprint density at radius 3 is 1.80 bits per heavy atom. The largest absolute Gasteiger partial charge is 0.550 e. The number of hydrogen-bond donors (Lipinski definition) is 0. The molecule has 0 aromatic heterocycles. The van der Waals surface area contributed by atoms with Gasteiger partial charge in [0, 0.05) is 23.3 Å². The zero-order valence-electron chi connectivity index (χ0n) is 2.72. The summed E-state index contributed by atoms with van der Waals surface area (Å²) >= 11 is 0. The molecule has 0 fully saturated rings. The van der Waals surface area contributed by atoms with Gasteiger partial charge in [0.15, 0.2) is 0 Å². The van der Waals surface area contributed by atoms with Crippen LogP contribution < -0.4 is 5.11 Å². The van der Waals surface area contributed by atoms with Crippen molar-refractivity contribution in [1.29, 1.82) is 0 Å². The minimum Gasteiger partial charge on any atom is -0.550 e. The molecule has 0 aromatic rings. The maximum Gasteiger partial charge on any atom is 0.0383 e. The molecule has 0 unspecified atom stereocenters. The van der Waals surface area contributed by atoms with Crippen LogP contribution in [0, 0.1) is 0 Å². The zero-order valence-corrected chi connectivity index (χ0v) is 4.00. The van der Waals surface area contributed by atoms with Crippen LogP contribution in [0.5, 0.6) is 0 Å². The molecular formula is C2H3CrO2-. The molecule has 0 amide bonds. The van der Waals surface area contributed by atoms with Crippen LogP contribution in [0.3, 0.4) is 0 Å². The van der Waals surface area contributed by atoms with Crippen molar-refractivity contribution < 1.29 is 27.3 Å². The Kier molecular flexibility index (Phi) is 7.12. The number of carboxylic acids is 1. The molecule has 3 heteroatoms. The molecule has 0 aromatic carbocycles. The summed E-state index contributed by atoms with van der Waals surface area (Å²) in [7, 11) is 0. The van der Waals surface area contributed by atoms with E-state index in [0.717, 1.165) is 6.92 Å². The molecule has 0 heterocycles. The van der Waals surface area contributed by atoms with Gasteiger partial charge in [0.1, 0.15) is 0 Å². The fourth-order valence-electron chi connectivity index (χ4n) is 0. The van der Waals surface area contributed by atoms with Crippen molar-refractivity contribution in [2.45, 2.75) is 6.92 Å². The fraction of sp³-hybridized carbons (Fsp3) is 0.500. The second-order valence-corrected chi connectivity index (χ2v) is 0.492. The van der Waals surface area contributed by atoms with Crippen LogP contribution in [0.25, 0.3) is 0 Å². The number of carboxylic acid groups (broad SMARTS) is 1. The first kappa shape index (κ1) is 8.89. The summed E-state index contributed by atoms with van der Waals surface area (Å²) < 4.78 is 0. The van der Waals surface area contributed by atoms with E-state index in [4.69, 9.17) is 9.90 Å². The zero-order chi connectivity index (χ0) is 3.58. The summed E-state index contributed by atoms with van der Waals surface area (Å²) in [5.74, 6) is -1.08. The van der Waals surface area contributed by atoms with Gasteiger partial charge in [-0.25, -0.2) is 0 Å². The summed E-state index contributed by atoms with van der Waals surface area (Å²) in [5.41, 5.74) is 0. The van der Waals surface area contributed by atoms with Gasteiger partial charge in [0.05, 0.1) is 0 Å². The number of carbonyl (C=O) groups excluding carboxylic acids is 1. The number of aliphatic carboxylic acids is 1. The van der Waals surface area contributed by atoms with Crippen molar-refractivity contribution in [3.63, 3.8) is 0 Å². The van der Waals surface area contributed by atoms with Gasteiger partial charge in [-0.05, 0) is 6.92 Å². The van der Waals surface area contributed by atoms with E-state index in [0.29, 0.717) is 0 Å². The van der Waals surface area contributed by atoms with E-state index >= 15 is 0 Å². The molecule has 30 valence electrons. The van der Waals surface area contributed by atoms with Crippen LogP contribution in [0.1, 0.15) is 6.92 Å². The van der Waals surface area contributed by atoms with Gasteiger partial charge in [-0.1, -0.05) is 0 Å². The van der Waals surface area contributed by atoms with Crippen LogP contribution in [0.4, 0.5) is 0 Å². The third-order valence-electron chi connectivity index (χ3n) is 0. The van der Waals surface area contributed by atoms with Gasteiger partial charge < -0.3 is 9.90 Å². The van der Waals surface area contributed by atoms with Crippen LogP contribution in [-0.2, 0) is 22.2 Å². The van der Waals surface area contributed by atoms with Gasteiger partial charge in [-0.3, -0.25) is 0 Å². The molecule has 0 bridgehead atoms. The average Bonchev–Trinajstić information content (AvgIpc) is 0.811. The van der Waals surface area contributed by atoms with E-state index in [9.17, 15) is 0 Å². The molecule has 0 spiro atoms. The van der Waals surface area contributed by atoms with Gasteiger partial charge in [0.2, 0.25) is 0 Å². The van der Waals surface area contributed by atoms with Gasteiger partial charge in [-0.2, -0.15) is 0 Å². The standard InChI is InChI=1S/C2H4O2.Cr/c1-2(3)4;/h1H3,(H,3,4);/p-1. The first-order valence-corrected chi connectivity index (χ1v) is 0.908. The fourth-order valence-corrected chi connectivity index (χ4v) is 0. The minimum absolute atomic E-state index is 0. The van der Waals surface area contributed by atoms with Gasteiger partial charge in [-0.15, -0.1) is 0 Å². The average molecular weight is 111 g/mol. The molecule has 0 atom stereocenters. The molecule has 0 saturated carbocycles. The maximum atomic E-state index is 8.89. The van der Waals surface area contributed by atoms with Crippen molar-refractivity contribution in [3.8, 4) is 0 Å². The van der Waals surface area contributed by atoms with Crippen molar-refractivity contribution in [2.24, 2.45) is 0 Å². The summed E-state index contributed by atoms with van der Waals surface area (Å²) in [6.45, 7) is 0.972. The summed E-state index contributed by atoms with van der Waals surface area (Å²) in [5, 5.41) is 8.89. The molecule has 0 aliphatic rings. The number of rotatable bonds is 0. The maximum absolute atomic E-state index is 8.89. The predicted octanol–water partition coefficient (Wildman–Crippen LogP) is -1.25. The third kappa shape index (κ3) is 2640000. The molecule has 5 heavy (non-hydrogen) atoms. The second-order valence-electron chi connectivity index (χ2n) is 0.492. The van der Waals surface area contributed by atoms with E-state index in [1.807, 2.05) is 0 Å². The Balaban J connectivity index is 0. The molecule has 0 rings (SSSR count). The van der Waals surface area contributed by atoms with Crippen LogP contribution >= 0.6 is 0 Å². The predicted molar refractivity (Wildman–Crippen MR) is 10.7 cm³/mol. The normalized spacial score (nSPS) is 5.00. The summed E-state index contributed by atoms with van der Waals surface area (Å²) in [6, 6.07) is 0. The quantitative estimate of drug-likeness (QED) is 0.392. The monoisotopic (exact) mass is 111 g/mol. The van der Waals surface area contributed by atoms with Gasteiger partial charge >= 0.3 is 0 Å². The minimum atomic E-state index is -1.08. The molecular weight excluding hydrogens is 108 g/mol. The topological polar surface area (TPSA) is 40.1 Å². The molecule has 0 saturated heterocycles. The SMILES string of the molecule is CC(=O)[O-].[Cr]. The van der Waals surface area contributed by atoms with Gasteiger partial charge in [0.25, 0.3) is 0 Å². The van der Waals surface area contributed by atoms with E-state index in [2.05, 4.69) is 0 Å². The molecule has 0 radical (unpaired) electrons. The van der Waals surface area contributed by atoms with Crippen LogP contribution in [0.15, 0.2) is 0 Å². The van der Waals surface area contributed by atoms with Crippen molar-refractivity contribution in [3.05, 3.63) is 0 Å². The molecule has 0 N–H and O–H groups in total. The van der Waals surface area contributed by atoms with Crippen molar-refractivity contribution in [2.75, 3.05) is 0 Å². The van der Waals surface area contributed by atoms with Crippen molar-refractivity contribution >= 4 is 5.97 Å². The van der Waals surface area contributed by atoms with E-state index < -0.39 is 5.97 Å². The Hall–Kier alpha value is 0.00247. The van der Waals surface area contributed by atoms with E-state index in [1.165, 1.54) is 0 Å². The molecule has 0 aliphatic carbocycles. The Morgan fingerprint density at radius 1 is 1.80 bits per heavy atom.